The third-order valence-electron chi connectivity index (χ3n) is 5.48. The number of ketones is 1. The van der Waals surface area contributed by atoms with Crippen LogP contribution in [0, 0.1) is 5.82 Å². The van der Waals surface area contributed by atoms with Crippen molar-refractivity contribution in [2.75, 3.05) is 21.3 Å². The van der Waals surface area contributed by atoms with E-state index in [2.05, 4.69) is 0 Å². The molecule has 3 aromatic carbocycles. The lowest BCUT2D eigenvalue weighted by atomic mass is 9.95. The number of hydrogen-bond acceptors (Lipinski definition) is 6. The molecule has 0 aliphatic rings. The van der Waals surface area contributed by atoms with Gasteiger partial charge < -0.3 is 19.3 Å². The molecule has 0 heterocycles. The molecule has 0 fully saturated rings. The highest BCUT2D eigenvalue weighted by molar-refractivity contribution is 6.09. The molecule has 0 aliphatic carbocycles. The SMILES string of the molecule is COC(=O)C(C)c1ccc(-c2ccc(O)c(C(=O)/C=C/c3ccc(OC)cc3OC)c2)c(F)c1. The fraction of sp³-hybridized carbons (Fsp3) is 0.185. The number of halogens is 1. The van der Waals surface area contributed by atoms with Crippen molar-refractivity contribution in [2.24, 2.45) is 0 Å². The number of ether oxygens (including phenoxy) is 3. The van der Waals surface area contributed by atoms with E-state index < -0.39 is 23.5 Å². The smallest absolute Gasteiger partial charge is 0.312 e. The molecule has 34 heavy (non-hydrogen) atoms. The van der Waals surface area contributed by atoms with E-state index in [0.29, 0.717) is 28.2 Å². The first kappa shape index (κ1) is 24.5. The Labute approximate surface area is 197 Å². The minimum atomic E-state index is -0.620. The Balaban J connectivity index is 1.90. The maximum atomic E-state index is 14.9. The van der Waals surface area contributed by atoms with Gasteiger partial charge >= 0.3 is 5.97 Å². The van der Waals surface area contributed by atoms with Crippen LogP contribution in [0.1, 0.15) is 34.3 Å². The van der Waals surface area contributed by atoms with Gasteiger partial charge in [0.2, 0.25) is 0 Å². The fourth-order valence-corrected chi connectivity index (χ4v) is 3.46. The highest BCUT2D eigenvalue weighted by Gasteiger charge is 2.18. The number of phenols is 1. The van der Waals surface area contributed by atoms with Crippen molar-refractivity contribution in [2.45, 2.75) is 12.8 Å². The quantitative estimate of drug-likeness (QED) is 0.274. The Bertz CT molecular complexity index is 1250. The van der Waals surface area contributed by atoms with Gasteiger partial charge in [0.1, 0.15) is 23.1 Å². The zero-order valence-electron chi connectivity index (χ0n) is 19.3. The molecule has 0 saturated heterocycles. The maximum Gasteiger partial charge on any atom is 0.312 e. The first-order chi connectivity index (χ1) is 16.3. The Morgan fingerprint density at radius 3 is 2.38 bits per heavy atom. The highest BCUT2D eigenvalue weighted by Crippen LogP contribution is 2.31. The molecule has 0 spiro atoms. The number of rotatable bonds is 8. The number of carbonyl (C=O) groups is 2. The minimum Gasteiger partial charge on any atom is -0.507 e. The molecule has 6 nitrogen and oxygen atoms in total. The van der Waals surface area contributed by atoms with Gasteiger partial charge in [-0.2, -0.15) is 0 Å². The van der Waals surface area contributed by atoms with Gasteiger partial charge in [0.05, 0.1) is 32.8 Å². The molecule has 0 saturated carbocycles. The van der Waals surface area contributed by atoms with Gasteiger partial charge in [-0.05, 0) is 60.5 Å². The van der Waals surface area contributed by atoms with Crippen molar-refractivity contribution in [1.29, 1.82) is 0 Å². The Morgan fingerprint density at radius 2 is 1.74 bits per heavy atom. The lowest BCUT2D eigenvalue weighted by Gasteiger charge is -2.12. The second kappa shape index (κ2) is 10.7. The standard InChI is InChI=1S/C27H25FO6/c1-16(27(31)34-4)18-6-10-21(23(28)14-18)19-8-12-25(30)22(13-19)24(29)11-7-17-5-9-20(32-2)15-26(17)33-3/h5-16,30H,1-4H3/b11-7+. The predicted molar refractivity (Wildman–Crippen MR) is 127 cm³/mol. The van der Waals surface area contributed by atoms with Gasteiger partial charge in [-0.1, -0.05) is 18.2 Å². The molecule has 1 atom stereocenters. The van der Waals surface area contributed by atoms with Crippen molar-refractivity contribution in [3.8, 4) is 28.4 Å². The van der Waals surface area contributed by atoms with Crippen molar-refractivity contribution < 1.29 is 33.3 Å². The lowest BCUT2D eigenvalue weighted by Crippen LogP contribution is -2.11. The molecule has 0 aliphatic heterocycles. The minimum absolute atomic E-state index is 0.0210. The Morgan fingerprint density at radius 1 is 0.971 bits per heavy atom. The highest BCUT2D eigenvalue weighted by atomic mass is 19.1. The Hall–Kier alpha value is -4.13. The molecule has 0 radical (unpaired) electrons. The summed E-state index contributed by atoms with van der Waals surface area (Å²) in [6.07, 6.45) is 2.87. The van der Waals surface area contributed by atoms with E-state index in [9.17, 15) is 19.1 Å². The summed E-state index contributed by atoms with van der Waals surface area (Å²) in [6, 6.07) is 13.9. The van der Waals surface area contributed by atoms with E-state index in [0.717, 1.165) is 0 Å². The molecular weight excluding hydrogens is 439 g/mol. The van der Waals surface area contributed by atoms with Crippen molar-refractivity contribution >= 4 is 17.8 Å². The Kier molecular flexibility index (Phi) is 7.68. The molecule has 7 heteroatoms. The van der Waals surface area contributed by atoms with Gasteiger partial charge in [0, 0.05) is 17.2 Å². The van der Waals surface area contributed by atoms with Crippen LogP contribution in [0.25, 0.3) is 17.2 Å². The number of hydrogen-bond donors (Lipinski definition) is 1. The van der Waals surface area contributed by atoms with Crippen LogP contribution >= 0.6 is 0 Å². The third-order valence-corrected chi connectivity index (χ3v) is 5.48. The number of phenolic OH excluding ortho intramolecular Hbond substituents is 1. The summed E-state index contributed by atoms with van der Waals surface area (Å²) < 4.78 is 30.1. The van der Waals surface area contributed by atoms with E-state index >= 15 is 0 Å². The fourth-order valence-electron chi connectivity index (χ4n) is 3.46. The van der Waals surface area contributed by atoms with Crippen LogP contribution in [0.2, 0.25) is 0 Å². The van der Waals surface area contributed by atoms with Crippen LogP contribution in [-0.2, 0) is 9.53 Å². The van der Waals surface area contributed by atoms with Gasteiger partial charge in [-0.15, -0.1) is 0 Å². The maximum absolute atomic E-state index is 14.9. The molecule has 0 aromatic heterocycles. The molecule has 0 bridgehead atoms. The summed E-state index contributed by atoms with van der Waals surface area (Å²) in [5.41, 5.74) is 1.78. The normalized spacial score (nSPS) is 11.8. The van der Waals surface area contributed by atoms with E-state index in [4.69, 9.17) is 14.2 Å². The molecule has 1 N–H and O–H groups in total. The number of carbonyl (C=O) groups excluding carboxylic acids is 2. The van der Waals surface area contributed by atoms with Crippen molar-refractivity contribution in [1.82, 2.24) is 0 Å². The number of benzene rings is 3. The molecule has 176 valence electrons. The van der Waals surface area contributed by atoms with Crippen LogP contribution in [0.3, 0.4) is 0 Å². The van der Waals surface area contributed by atoms with E-state index in [1.807, 2.05) is 0 Å². The summed E-state index contributed by atoms with van der Waals surface area (Å²) in [4.78, 5) is 24.6. The average Bonchev–Trinajstić information content (AvgIpc) is 2.86. The topological polar surface area (TPSA) is 82.1 Å². The van der Waals surface area contributed by atoms with Crippen LogP contribution in [0.5, 0.6) is 17.2 Å². The zero-order valence-corrected chi connectivity index (χ0v) is 19.3. The van der Waals surface area contributed by atoms with E-state index in [1.165, 1.54) is 50.6 Å². The molecule has 1 unspecified atom stereocenters. The summed E-state index contributed by atoms with van der Waals surface area (Å²) in [5, 5.41) is 10.3. The monoisotopic (exact) mass is 464 g/mol. The summed E-state index contributed by atoms with van der Waals surface area (Å²) >= 11 is 0. The number of aromatic hydroxyl groups is 1. The summed E-state index contributed by atoms with van der Waals surface area (Å²) in [5.74, 6) is -1.21. The van der Waals surface area contributed by atoms with Gasteiger partial charge in [0.25, 0.3) is 0 Å². The van der Waals surface area contributed by atoms with Gasteiger partial charge in [-0.3, -0.25) is 9.59 Å². The zero-order chi connectivity index (χ0) is 24.8. The molecular formula is C27H25FO6. The van der Waals surface area contributed by atoms with Gasteiger partial charge in [0.15, 0.2) is 5.78 Å². The largest absolute Gasteiger partial charge is 0.507 e. The van der Waals surface area contributed by atoms with Gasteiger partial charge in [-0.25, -0.2) is 4.39 Å². The first-order valence-electron chi connectivity index (χ1n) is 10.4. The average molecular weight is 464 g/mol. The number of methoxy groups -OCH3 is 3. The van der Waals surface area contributed by atoms with E-state index in [-0.39, 0.29) is 16.9 Å². The summed E-state index contributed by atoms with van der Waals surface area (Å²) in [7, 11) is 4.33. The van der Waals surface area contributed by atoms with Crippen LogP contribution in [0.15, 0.2) is 60.7 Å². The predicted octanol–water partition coefficient (Wildman–Crippen LogP) is 5.39. The second-order valence-electron chi connectivity index (χ2n) is 7.52. The number of allylic oxidation sites excluding steroid dienone is 1. The van der Waals surface area contributed by atoms with Crippen LogP contribution < -0.4 is 9.47 Å². The number of esters is 1. The third kappa shape index (κ3) is 5.26. The molecule has 0 amide bonds. The van der Waals surface area contributed by atoms with Crippen LogP contribution in [-0.4, -0.2) is 38.2 Å². The van der Waals surface area contributed by atoms with Crippen molar-refractivity contribution in [3.05, 3.63) is 83.2 Å². The molecule has 3 rings (SSSR count). The first-order valence-corrected chi connectivity index (χ1v) is 10.4. The van der Waals surface area contributed by atoms with E-state index in [1.54, 1.807) is 44.4 Å². The lowest BCUT2D eigenvalue weighted by molar-refractivity contribution is -0.142. The second-order valence-corrected chi connectivity index (χ2v) is 7.52. The van der Waals surface area contributed by atoms with Crippen molar-refractivity contribution in [3.63, 3.8) is 0 Å². The van der Waals surface area contributed by atoms with Crippen LogP contribution in [0.4, 0.5) is 4.39 Å². The summed E-state index contributed by atoms with van der Waals surface area (Å²) in [6.45, 7) is 1.63. The molecule has 3 aromatic rings.